The monoisotopic (exact) mass is 789 g/mol. The average molecular weight is 789 g/mol. The molecule has 0 aromatic carbocycles. The predicted octanol–water partition coefficient (Wildman–Crippen LogP) is 5.49. The molecule has 3 amide bonds. The summed E-state index contributed by atoms with van der Waals surface area (Å²) in [6.07, 6.45) is 15.1. The SMILES string of the molecule is CC/C(=C(\C1CCC(O)CC1)C1CCC(OCCCC(O)CN2CCN(C3C(F)CC4C(=O)N(C5CCC(=O)NC5=O)CC4C3F)CC2)CC1)C1CCCCC1. The van der Waals surface area contributed by atoms with E-state index in [9.17, 15) is 24.6 Å². The van der Waals surface area contributed by atoms with E-state index in [0.29, 0.717) is 57.6 Å². The summed E-state index contributed by atoms with van der Waals surface area (Å²) >= 11 is 0. The van der Waals surface area contributed by atoms with Crippen LogP contribution in [0.25, 0.3) is 0 Å². The normalized spacial score (nSPS) is 37.9. The molecule has 56 heavy (non-hydrogen) atoms. The van der Waals surface area contributed by atoms with Gasteiger partial charge in [-0.3, -0.25) is 29.5 Å². The zero-order valence-corrected chi connectivity index (χ0v) is 33.9. The van der Waals surface area contributed by atoms with Crippen LogP contribution in [0.3, 0.4) is 0 Å². The van der Waals surface area contributed by atoms with Gasteiger partial charge in [0.15, 0.2) is 0 Å². The standard InChI is InChI=1S/C44H70F2N4O6/c1-2-34(28-7-4-3-5-8-28)40(29-10-14-31(51)15-11-29)30-12-16-33(17-13-30)56-24-6-9-32(52)26-48-20-22-49(23-21-48)42-37(45)25-35-36(41(42)46)27-50(44(35)55)38-18-19-39(53)47-43(38)54/h28-33,35-38,41-42,51-52H,2-27H2,1H3,(H,47,53,54)/b40-34-. The minimum atomic E-state index is -1.53. The Kier molecular flexibility index (Phi) is 14.6. The van der Waals surface area contributed by atoms with Gasteiger partial charge in [0.1, 0.15) is 18.4 Å². The lowest BCUT2D eigenvalue weighted by atomic mass is 9.68. The average Bonchev–Trinajstić information content (AvgIpc) is 3.52. The number of alkyl halides is 2. The molecule has 7 rings (SSSR count). The van der Waals surface area contributed by atoms with Crippen molar-refractivity contribution in [2.75, 3.05) is 45.9 Å². The number of hydrogen-bond donors (Lipinski definition) is 3. The first-order valence-electron chi connectivity index (χ1n) is 22.7. The number of amides is 3. The maximum Gasteiger partial charge on any atom is 0.249 e. The number of piperidine rings is 1. The molecule has 7 atom stereocenters. The second-order valence-corrected chi connectivity index (χ2v) is 18.6. The van der Waals surface area contributed by atoms with E-state index in [-0.39, 0.29) is 49.8 Å². The second kappa shape index (κ2) is 19.4. The van der Waals surface area contributed by atoms with E-state index >= 15 is 8.78 Å². The number of nitrogens with zero attached hydrogens (tertiary/aromatic N) is 3. The van der Waals surface area contributed by atoms with Crippen molar-refractivity contribution in [3.8, 4) is 0 Å². The summed E-state index contributed by atoms with van der Waals surface area (Å²) in [5.74, 6) is -0.684. The van der Waals surface area contributed by atoms with Gasteiger partial charge in [0.2, 0.25) is 17.7 Å². The highest BCUT2D eigenvalue weighted by Gasteiger charge is 2.57. The fraction of sp³-hybridized carbons (Fsp3) is 0.886. The molecule has 7 unspecified atom stereocenters. The van der Waals surface area contributed by atoms with E-state index in [1.165, 1.54) is 56.3 Å². The zero-order valence-electron chi connectivity index (χ0n) is 33.9. The largest absolute Gasteiger partial charge is 0.393 e. The summed E-state index contributed by atoms with van der Waals surface area (Å²) in [5, 5.41) is 23.5. The smallest absolute Gasteiger partial charge is 0.249 e. The number of piperazine rings is 1. The van der Waals surface area contributed by atoms with Crippen molar-refractivity contribution in [2.24, 2.45) is 29.6 Å². The fourth-order valence-corrected chi connectivity index (χ4v) is 12.1. The third kappa shape index (κ3) is 9.72. The van der Waals surface area contributed by atoms with Crippen LogP contribution < -0.4 is 5.32 Å². The molecule has 0 aromatic heterocycles. The van der Waals surface area contributed by atoms with E-state index in [4.69, 9.17) is 4.74 Å². The quantitative estimate of drug-likeness (QED) is 0.127. The summed E-state index contributed by atoms with van der Waals surface area (Å²) in [7, 11) is 0. The first-order chi connectivity index (χ1) is 27.1. The van der Waals surface area contributed by atoms with Gasteiger partial charge in [0, 0.05) is 64.1 Å². The minimum Gasteiger partial charge on any atom is -0.393 e. The predicted molar refractivity (Wildman–Crippen MR) is 210 cm³/mol. The number of rotatable bonds is 13. The Hall–Kier alpha value is -1.99. The van der Waals surface area contributed by atoms with Crippen molar-refractivity contribution in [1.29, 1.82) is 0 Å². The number of allylic oxidation sites excluding steroid dienone is 2. The summed E-state index contributed by atoms with van der Waals surface area (Å²) < 4.78 is 38.1. The van der Waals surface area contributed by atoms with Crippen molar-refractivity contribution in [3.05, 3.63) is 11.1 Å². The Morgan fingerprint density at radius 1 is 0.875 bits per heavy atom. The van der Waals surface area contributed by atoms with Crippen LogP contribution in [0.1, 0.15) is 129 Å². The Balaban J connectivity index is 0.815. The number of carbonyl (C=O) groups is 3. The van der Waals surface area contributed by atoms with Gasteiger partial charge in [-0.2, -0.15) is 0 Å². The van der Waals surface area contributed by atoms with Crippen LogP contribution in [0.4, 0.5) is 8.78 Å². The van der Waals surface area contributed by atoms with E-state index in [1.807, 2.05) is 4.90 Å². The molecular formula is C44H70F2N4O6. The molecule has 4 saturated carbocycles. The van der Waals surface area contributed by atoms with E-state index in [0.717, 1.165) is 50.9 Å². The number of hydrogen-bond acceptors (Lipinski definition) is 8. The summed E-state index contributed by atoms with van der Waals surface area (Å²) in [6, 6.07) is -1.74. The number of aliphatic hydroxyl groups excluding tert-OH is 2. The molecule has 7 fully saturated rings. The van der Waals surface area contributed by atoms with Crippen LogP contribution in [0.5, 0.6) is 0 Å². The molecule has 3 aliphatic heterocycles. The lowest BCUT2D eigenvalue weighted by Crippen LogP contribution is -2.60. The first kappa shape index (κ1) is 42.1. The van der Waals surface area contributed by atoms with Crippen molar-refractivity contribution >= 4 is 17.7 Å². The number of ether oxygens (including phenoxy) is 1. The Bertz CT molecular complexity index is 1370. The number of nitrogens with one attached hydrogen (secondary N) is 1. The molecule has 10 nitrogen and oxygen atoms in total. The van der Waals surface area contributed by atoms with Crippen LogP contribution in [-0.2, 0) is 19.1 Å². The highest BCUT2D eigenvalue weighted by molar-refractivity contribution is 6.02. The molecule has 0 radical (unpaired) electrons. The molecule has 0 spiro atoms. The van der Waals surface area contributed by atoms with Crippen molar-refractivity contribution in [1.82, 2.24) is 20.0 Å². The third-order valence-corrected chi connectivity index (χ3v) is 15.1. The lowest BCUT2D eigenvalue weighted by Gasteiger charge is -2.46. The van der Waals surface area contributed by atoms with Gasteiger partial charge in [-0.15, -0.1) is 0 Å². The summed E-state index contributed by atoms with van der Waals surface area (Å²) in [5.41, 5.74) is 3.57. The second-order valence-electron chi connectivity index (χ2n) is 18.6. The molecule has 3 saturated heterocycles. The first-order valence-corrected chi connectivity index (χ1v) is 22.7. The number of aliphatic hydroxyl groups is 2. The molecular weight excluding hydrogens is 719 g/mol. The Morgan fingerprint density at radius 2 is 1.55 bits per heavy atom. The van der Waals surface area contributed by atoms with E-state index in [2.05, 4.69) is 17.1 Å². The van der Waals surface area contributed by atoms with Gasteiger partial charge in [-0.1, -0.05) is 37.3 Å². The molecule has 0 bridgehead atoms. The maximum atomic E-state index is 16.1. The van der Waals surface area contributed by atoms with Crippen LogP contribution in [0.2, 0.25) is 0 Å². The topological polar surface area (TPSA) is 123 Å². The van der Waals surface area contributed by atoms with Gasteiger partial charge in [-0.25, -0.2) is 8.78 Å². The van der Waals surface area contributed by atoms with Crippen molar-refractivity contribution < 1.29 is 38.1 Å². The molecule has 0 aromatic rings. The van der Waals surface area contributed by atoms with Gasteiger partial charge >= 0.3 is 0 Å². The number of halogens is 2. The molecule has 3 N–H and O–H groups in total. The molecule has 7 aliphatic rings. The highest BCUT2D eigenvalue weighted by Crippen LogP contribution is 2.46. The van der Waals surface area contributed by atoms with E-state index < -0.39 is 48.3 Å². The summed E-state index contributed by atoms with van der Waals surface area (Å²) in [4.78, 5) is 42.7. The fourth-order valence-electron chi connectivity index (χ4n) is 12.1. The number of likely N-dealkylation sites (tertiary alicyclic amines) is 1. The van der Waals surface area contributed by atoms with Gasteiger partial charge < -0.3 is 19.8 Å². The third-order valence-electron chi connectivity index (χ3n) is 15.1. The Labute approximate surface area is 333 Å². The Morgan fingerprint density at radius 3 is 2.21 bits per heavy atom. The molecule has 12 heteroatoms. The van der Waals surface area contributed by atoms with Crippen molar-refractivity contribution in [3.63, 3.8) is 0 Å². The minimum absolute atomic E-state index is 0.0503. The van der Waals surface area contributed by atoms with Crippen LogP contribution in [0, 0.1) is 29.6 Å². The molecule has 4 aliphatic carbocycles. The van der Waals surface area contributed by atoms with Crippen LogP contribution in [-0.4, -0.2) is 131 Å². The van der Waals surface area contributed by atoms with Crippen molar-refractivity contribution in [2.45, 2.75) is 172 Å². The van der Waals surface area contributed by atoms with Gasteiger partial charge in [0.25, 0.3) is 0 Å². The van der Waals surface area contributed by atoms with Gasteiger partial charge in [-0.05, 0) is 114 Å². The van der Waals surface area contributed by atoms with Crippen LogP contribution in [0.15, 0.2) is 11.1 Å². The number of β-amino-alcohol motifs (C(OH)–C–C–N with tert-alkyl or cyclic N) is 1. The number of carbonyl (C=O) groups excluding carboxylic acids is 3. The van der Waals surface area contributed by atoms with Gasteiger partial charge in [0.05, 0.1) is 24.4 Å². The molecule has 316 valence electrons. The maximum absolute atomic E-state index is 16.1. The zero-order chi connectivity index (χ0) is 39.3. The van der Waals surface area contributed by atoms with Crippen LogP contribution >= 0.6 is 0 Å². The number of fused-ring (bicyclic) bond motifs is 1. The molecule has 3 heterocycles. The lowest BCUT2D eigenvalue weighted by molar-refractivity contribution is -0.145. The van der Waals surface area contributed by atoms with E-state index in [1.54, 1.807) is 11.1 Å². The summed E-state index contributed by atoms with van der Waals surface area (Å²) in [6.45, 7) is 5.83. The highest BCUT2D eigenvalue weighted by atomic mass is 19.1. The number of imide groups is 1.